The molecule has 3 N–H and O–H groups in total. The molecule has 3 heterocycles. The summed E-state index contributed by atoms with van der Waals surface area (Å²) in [5.74, 6) is -0.365. The van der Waals surface area contributed by atoms with E-state index in [4.69, 9.17) is 4.74 Å². The molecule has 11 nitrogen and oxygen atoms in total. The lowest BCUT2D eigenvalue weighted by Crippen LogP contribution is -2.42. The number of piperidine rings is 1. The average molecular weight is 492 g/mol. The lowest BCUT2D eigenvalue weighted by Gasteiger charge is -2.31. The molecule has 6 amide bonds. The number of nitrogens with one attached hydrogen (secondary N) is 3. The summed E-state index contributed by atoms with van der Waals surface area (Å²) >= 11 is 0. The third-order valence-electron chi connectivity index (χ3n) is 6.55. The van der Waals surface area contributed by atoms with E-state index in [9.17, 15) is 24.0 Å². The van der Waals surface area contributed by atoms with E-state index in [0.717, 1.165) is 4.90 Å². The van der Waals surface area contributed by atoms with Gasteiger partial charge in [-0.2, -0.15) is 0 Å². The number of carbonyl (C=O) groups is 5. The standard InChI is InChI=1S/C25H25N5O6/c1-14-23(33)28-19-11-16(5-6-20(19)36-14)22(32)15-7-9-29(10-8-15)25(35)27-17-3-2-4-18(12-17)30-21(31)13-26-24(30)34/h2-6,11-12,14-15H,7-10,13H2,1H3,(H,26,34)(H,27,35)(H,28,33). The molecule has 186 valence electrons. The smallest absolute Gasteiger partial charge is 0.329 e. The van der Waals surface area contributed by atoms with Crippen molar-refractivity contribution >= 4 is 46.7 Å². The van der Waals surface area contributed by atoms with Crippen molar-refractivity contribution in [1.29, 1.82) is 0 Å². The highest BCUT2D eigenvalue weighted by atomic mass is 16.5. The molecule has 2 saturated heterocycles. The van der Waals surface area contributed by atoms with E-state index in [2.05, 4.69) is 16.0 Å². The number of rotatable bonds is 4. The highest BCUT2D eigenvalue weighted by Gasteiger charge is 2.31. The summed E-state index contributed by atoms with van der Waals surface area (Å²) in [5.41, 5.74) is 1.80. The number of likely N-dealkylation sites (tertiary alicyclic amines) is 1. The lowest BCUT2D eigenvalue weighted by atomic mass is 9.88. The number of hydrogen-bond acceptors (Lipinski definition) is 6. The Morgan fingerprint density at radius 3 is 2.56 bits per heavy atom. The van der Waals surface area contributed by atoms with Crippen LogP contribution in [0.1, 0.15) is 30.1 Å². The summed E-state index contributed by atoms with van der Waals surface area (Å²) < 4.78 is 5.55. The third-order valence-corrected chi connectivity index (χ3v) is 6.55. The van der Waals surface area contributed by atoms with E-state index in [1.54, 1.807) is 54.3 Å². The number of carbonyl (C=O) groups excluding carboxylic acids is 5. The number of imide groups is 1. The monoisotopic (exact) mass is 491 g/mol. The molecule has 0 radical (unpaired) electrons. The summed E-state index contributed by atoms with van der Waals surface area (Å²) in [6.07, 6.45) is 0.427. The summed E-state index contributed by atoms with van der Waals surface area (Å²) in [6.45, 7) is 2.40. The minimum absolute atomic E-state index is 0.0352. The summed E-state index contributed by atoms with van der Waals surface area (Å²) in [4.78, 5) is 64.3. The minimum atomic E-state index is -0.584. The predicted octanol–water partition coefficient (Wildman–Crippen LogP) is 2.59. The first-order chi connectivity index (χ1) is 17.3. The van der Waals surface area contributed by atoms with Crippen molar-refractivity contribution in [3.63, 3.8) is 0 Å². The van der Waals surface area contributed by atoms with Gasteiger partial charge < -0.3 is 25.6 Å². The second-order valence-corrected chi connectivity index (χ2v) is 8.95. The molecule has 36 heavy (non-hydrogen) atoms. The highest BCUT2D eigenvalue weighted by Crippen LogP contribution is 2.32. The van der Waals surface area contributed by atoms with Gasteiger partial charge in [-0.05, 0) is 56.2 Å². The summed E-state index contributed by atoms with van der Waals surface area (Å²) in [7, 11) is 0. The zero-order chi connectivity index (χ0) is 25.4. The van der Waals surface area contributed by atoms with E-state index in [0.29, 0.717) is 54.3 Å². The molecule has 0 saturated carbocycles. The fraction of sp³-hybridized carbons (Fsp3) is 0.320. The van der Waals surface area contributed by atoms with Crippen molar-refractivity contribution in [3.05, 3.63) is 48.0 Å². The SMILES string of the molecule is CC1Oc2ccc(C(=O)C3CCN(C(=O)Nc4cccc(N5C(=O)CNC5=O)c4)CC3)cc2NC1=O. The van der Waals surface area contributed by atoms with Gasteiger partial charge >= 0.3 is 12.1 Å². The number of Topliss-reactive ketones (excluding diaryl/α,β-unsaturated/α-hetero) is 1. The number of urea groups is 2. The van der Waals surface area contributed by atoms with Crippen LogP contribution in [-0.2, 0) is 9.59 Å². The van der Waals surface area contributed by atoms with Crippen LogP contribution in [0.4, 0.5) is 26.7 Å². The van der Waals surface area contributed by atoms with Crippen LogP contribution < -0.4 is 25.6 Å². The van der Waals surface area contributed by atoms with Crippen molar-refractivity contribution < 1.29 is 28.7 Å². The van der Waals surface area contributed by atoms with Crippen molar-refractivity contribution in [1.82, 2.24) is 10.2 Å². The van der Waals surface area contributed by atoms with E-state index < -0.39 is 12.1 Å². The lowest BCUT2D eigenvalue weighted by molar-refractivity contribution is -0.122. The first-order valence-electron chi connectivity index (χ1n) is 11.7. The van der Waals surface area contributed by atoms with E-state index in [1.165, 1.54) is 0 Å². The zero-order valence-electron chi connectivity index (χ0n) is 19.6. The number of amides is 6. The van der Waals surface area contributed by atoms with Gasteiger partial charge in [0, 0.05) is 30.3 Å². The molecule has 2 aromatic rings. The number of ketones is 1. The Morgan fingerprint density at radius 1 is 1.06 bits per heavy atom. The van der Waals surface area contributed by atoms with Gasteiger partial charge in [-0.1, -0.05) is 6.07 Å². The summed E-state index contributed by atoms with van der Waals surface area (Å²) in [5, 5.41) is 8.02. The number of nitrogens with zero attached hydrogens (tertiary/aromatic N) is 2. The average Bonchev–Trinajstić information content (AvgIpc) is 3.22. The van der Waals surface area contributed by atoms with Gasteiger partial charge in [0.2, 0.25) is 0 Å². The largest absolute Gasteiger partial charge is 0.479 e. The summed E-state index contributed by atoms with van der Waals surface area (Å²) in [6, 6.07) is 10.7. The van der Waals surface area contributed by atoms with Crippen molar-refractivity contribution in [3.8, 4) is 5.75 Å². The molecule has 5 rings (SSSR count). The molecular weight excluding hydrogens is 466 g/mol. The Balaban J connectivity index is 1.18. The van der Waals surface area contributed by atoms with Gasteiger partial charge in [-0.3, -0.25) is 14.4 Å². The number of fused-ring (bicyclic) bond motifs is 1. The van der Waals surface area contributed by atoms with Gasteiger partial charge in [-0.15, -0.1) is 0 Å². The Morgan fingerprint density at radius 2 is 1.83 bits per heavy atom. The predicted molar refractivity (Wildman–Crippen MR) is 130 cm³/mol. The maximum Gasteiger partial charge on any atom is 0.329 e. The second kappa shape index (κ2) is 9.33. The maximum absolute atomic E-state index is 13.1. The van der Waals surface area contributed by atoms with Crippen LogP contribution in [0.2, 0.25) is 0 Å². The Hall–Kier alpha value is -4.41. The van der Waals surface area contributed by atoms with Crippen molar-refractivity contribution in [2.24, 2.45) is 5.92 Å². The molecule has 2 aromatic carbocycles. The fourth-order valence-electron chi connectivity index (χ4n) is 4.55. The van der Waals surface area contributed by atoms with Gasteiger partial charge in [-0.25, -0.2) is 14.5 Å². The van der Waals surface area contributed by atoms with E-state index >= 15 is 0 Å². The number of hydrogen-bond donors (Lipinski definition) is 3. The molecule has 1 atom stereocenters. The van der Waals surface area contributed by atoms with Crippen LogP contribution in [-0.4, -0.2) is 60.3 Å². The fourth-order valence-corrected chi connectivity index (χ4v) is 4.55. The van der Waals surface area contributed by atoms with Gasteiger partial charge in [0.25, 0.3) is 11.8 Å². The van der Waals surface area contributed by atoms with Crippen LogP contribution in [0.3, 0.4) is 0 Å². The van der Waals surface area contributed by atoms with Crippen LogP contribution in [0, 0.1) is 5.92 Å². The molecular formula is C25H25N5O6. The molecule has 1 unspecified atom stereocenters. The zero-order valence-corrected chi connectivity index (χ0v) is 19.6. The highest BCUT2D eigenvalue weighted by molar-refractivity contribution is 6.20. The molecule has 2 fully saturated rings. The van der Waals surface area contributed by atoms with E-state index in [-0.39, 0.29) is 36.1 Å². The molecule has 0 bridgehead atoms. The normalized spacial score (nSPS) is 19.8. The number of anilines is 3. The van der Waals surface area contributed by atoms with Gasteiger partial charge in [0.1, 0.15) is 5.75 Å². The molecule has 3 aliphatic heterocycles. The van der Waals surface area contributed by atoms with Gasteiger partial charge in [0.15, 0.2) is 11.9 Å². The Kier molecular flexibility index (Phi) is 6.05. The Labute approximate surface area is 206 Å². The molecule has 11 heteroatoms. The third kappa shape index (κ3) is 4.47. The molecule has 0 aliphatic carbocycles. The first kappa shape index (κ1) is 23.3. The number of ether oxygens (including phenoxy) is 1. The first-order valence-corrected chi connectivity index (χ1v) is 11.7. The van der Waals surface area contributed by atoms with Crippen LogP contribution in [0.25, 0.3) is 0 Å². The van der Waals surface area contributed by atoms with Gasteiger partial charge in [0.05, 0.1) is 17.9 Å². The van der Waals surface area contributed by atoms with Crippen LogP contribution >= 0.6 is 0 Å². The second-order valence-electron chi connectivity index (χ2n) is 8.95. The molecule has 3 aliphatic rings. The van der Waals surface area contributed by atoms with Crippen LogP contribution in [0.5, 0.6) is 5.75 Å². The maximum atomic E-state index is 13.1. The molecule has 0 spiro atoms. The minimum Gasteiger partial charge on any atom is -0.479 e. The Bertz CT molecular complexity index is 1250. The van der Waals surface area contributed by atoms with Crippen LogP contribution in [0.15, 0.2) is 42.5 Å². The molecule has 0 aromatic heterocycles. The quantitative estimate of drug-likeness (QED) is 0.444. The topological polar surface area (TPSA) is 137 Å². The number of benzene rings is 2. The van der Waals surface area contributed by atoms with Crippen molar-refractivity contribution in [2.75, 3.05) is 35.2 Å². The van der Waals surface area contributed by atoms with Crippen molar-refractivity contribution in [2.45, 2.75) is 25.9 Å². The van der Waals surface area contributed by atoms with E-state index in [1.807, 2.05) is 0 Å².